The average molecular weight is 332 g/mol. The van der Waals surface area contributed by atoms with E-state index in [0.29, 0.717) is 11.4 Å². The summed E-state index contributed by atoms with van der Waals surface area (Å²) >= 11 is 0. The summed E-state index contributed by atoms with van der Waals surface area (Å²) in [6, 6.07) is 7.23. The largest absolute Gasteiger partial charge is 0.355 e. The average Bonchev–Trinajstić information content (AvgIpc) is 2.59. The lowest BCUT2D eigenvalue weighted by Gasteiger charge is -2.34. The quantitative estimate of drug-likeness (QED) is 0.902. The maximum absolute atomic E-state index is 13.0. The molecule has 1 fully saturated rings. The van der Waals surface area contributed by atoms with E-state index in [1.54, 1.807) is 12.1 Å². The van der Waals surface area contributed by atoms with Crippen molar-refractivity contribution in [2.45, 2.75) is 13.5 Å². The number of nitrogens with zero attached hydrogens (tertiary/aromatic N) is 3. The van der Waals surface area contributed by atoms with E-state index >= 15 is 0 Å². The lowest BCUT2D eigenvalue weighted by Crippen LogP contribution is -2.48. The van der Waals surface area contributed by atoms with Crippen LogP contribution in [0.2, 0.25) is 0 Å². The number of hydrogen-bond acceptors (Lipinski definition) is 4. The van der Waals surface area contributed by atoms with Gasteiger partial charge in [-0.3, -0.25) is 14.3 Å². The number of aromatic nitrogens is 2. The van der Waals surface area contributed by atoms with Crippen LogP contribution in [0.4, 0.5) is 10.2 Å². The van der Waals surface area contributed by atoms with Crippen LogP contribution in [-0.4, -0.2) is 47.2 Å². The van der Waals surface area contributed by atoms with Crippen LogP contribution in [0.15, 0.2) is 39.9 Å². The van der Waals surface area contributed by atoms with Gasteiger partial charge in [-0.1, -0.05) is 19.1 Å². The molecule has 1 aliphatic rings. The fourth-order valence-electron chi connectivity index (χ4n) is 2.91. The number of anilines is 1. The maximum atomic E-state index is 13.0. The molecule has 2 heterocycles. The van der Waals surface area contributed by atoms with Crippen molar-refractivity contribution in [1.82, 2.24) is 14.5 Å². The van der Waals surface area contributed by atoms with Gasteiger partial charge in [-0.05, 0) is 24.2 Å². The molecule has 0 aliphatic carbocycles. The molecule has 0 spiro atoms. The predicted molar refractivity (Wildman–Crippen MR) is 91.2 cm³/mol. The highest BCUT2D eigenvalue weighted by molar-refractivity contribution is 5.37. The molecule has 0 bridgehead atoms. The number of rotatable bonds is 4. The fraction of sp³-hybridized carbons (Fsp3) is 0.412. The molecule has 0 unspecified atom stereocenters. The molecule has 0 atom stereocenters. The van der Waals surface area contributed by atoms with Gasteiger partial charge in [0.05, 0.1) is 6.54 Å². The summed E-state index contributed by atoms with van der Waals surface area (Å²) in [5.41, 5.74) is -0.0935. The van der Waals surface area contributed by atoms with Crippen molar-refractivity contribution in [3.05, 3.63) is 62.6 Å². The molecule has 24 heavy (non-hydrogen) atoms. The molecule has 0 saturated carbocycles. The Morgan fingerprint density at radius 1 is 1.08 bits per heavy atom. The van der Waals surface area contributed by atoms with Crippen molar-refractivity contribution >= 4 is 5.82 Å². The van der Waals surface area contributed by atoms with Gasteiger partial charge in [0.15, 0.2) is 0 Å². The molecule has 1 saturated heterocycles. The standard InChI is InChI=1S/C17H21FN4O2/c1-2-20-7-9-21(10-8-20)15-11-16(23)22(17(24)19-15)12-13-3-5-14(18)6-4-13/h3-6,11H,2,7-10,12H2,1H3,(H,19,24). The van der Waals surface area contributed by atoms with Gasteiger partial charge in [0.25, 0.3) is 5.56 Å². The lowest BCUT2D eigenvalue weighted by atomic mass is 10.2. The minimum Gasteiger partial charge on any atom is -0.355 e. The molecule has 1 aromatic carbocycles. The SMILES string of the molecule is CCN1CCN(c2cc(=O)n(Cc3ccc(F)cc3)c(=O)[nH]2)CC1. The molecule has 3 rings (SSSR count). The number of hydrogen-bond donors (Lipinski definition) is 1. The van der Waals surface area contributed by atoms with E-state index in [4.69, 9.17) is 0 Å². The van der Waals surface area contributed by atoms with E-state index in [-0.39, 0.29) is 17.9 Å². The zero-order chi connectivity index (χ0) is 17.1. The van der Waals surface area contributed by atoms with Gasteiger partial charge in [-0.15, -0.1) is 0 Å². The first-order chi connectivity index (χ1) is 11.6. The van der Waals surface area contributed by atoms with E-state index in [1.807, 2.05) is 4.90 Å². The Balaban J connectivity index is 1.80. The second kappa shape index (κ2) is 7.00. The van der Waals surface area contributed by atoms with Gasteiger partial charge < -0.3 is 9.80 Å². The number of likely N-dealkylation sites (N-methyl/N-ethyl adjacent to an activating group) is 1. The van der Waals surface area contributed by atoms with Crippen molar-refractivity contribution in [3.63, 3.8) is 0 Å². The molecule has 128 valence electrons. The summed E-state index contributed by atoms with van der Waals surface area (Å²) in [5, 5.41) is 0. The van der Waals surface area contributed by atoms with Gasteiger partial charge >= 0.3 is 5.69 Å². The molecule has 0 radical (unpaired) electrons. The Morgan fingerprint density at radius 3 is 2.33 bits per heavy atom. The molecule has 0 amide bonds. The van der Waals surface area contributed by atoms with Crippen LogP contribution in [-0.2, 0) is 6.54 Å². The zero-order valence-corrected chi connectivity index (χ0v) is 13.7. The van der Waals surface area contributed by atoms with Gasteiger partial charge in [-0.25, -0.2) is 9.18 Å². The normalized spacial score (nSPS) is 15.7. The first kappa shape index (κ1) is 16.4. The topological polar surface area (TPSA) is 61.3 Å². The van der Waals surface area contributed by atoms with Crippen LogP contribution in [0.1, 0.15) is 12.5 Å². The first-order valence-corrected chi connectivity index (χ1v) is 8.12. The number of nitrogens with one attached hydrogen (secondary N) is 1. The number of benzene rings is 1. The Bertz CT molecular complexity index is 773. The first-order valence-electron chi connectivity index (χ1n) is 8.12. The van der Waals surface area contributed by atoms with E-state index in [1.165, 1.54) is 18.2 Å². The number of H-pyrrole nitrogens is 1. The van der Waals surface area contributed by atoms with E-state index < -0.39 is 5.69 Å². The second-order valence-electron chi connectivity index (χ2n) is 5.93. The summed E-state index contributed by atoms with van der Waals surface area (Å²) in [5.74, 6) is 0.220. The third-order valence-corrected chi connectivity index (χ3v) is 4.42. The zero-order valence-electron chi connectivity index (χ0n) is 13.7. The third-order valence-electron chi connectivity index (χ3n) is 4.42. The van der Waals surface area contributed by atoms with Crippen LogP contribution in [0, 0.1) is 5.82 Å². The van der Waals surface area contributed by atoms with Gasteiger partial charge in [-0.2, -0.15) is 0 Å². The monoisotopic (exact) mass is 332 g/mol. The van der Waals surface area contributed by atoms with Crippen LogP contribution in [0.25, 0.3) is 0 Å². The molecular formula is C17H21FN4O2. The molecule has 1 aliphatic heterocycles. The van der Waals surface area contributed by atoms with Crippen LogP contribution >= 0.6 is 0 Å². The molecular weight excluding hydrogens is 311 g/mol. The van der Waals surface area contributed by atoms with E-state index in [2.05, 4.69) is 16.8 Å². The highest BCUT2D eigenvalue weighted by atomic mass is 19.1. The van der Waals surface area contributed by atoms with Crippen molar-refractivity contribution in [2.24, 2.45) is 0 Å². The Morgan fingerprint density at radius 2 is 1.75 bits per heavy atom. The Labute approximate surface area is 139 Å². The van der Waals surface area contributed by atoms with Crippen LogP contribution < -0.4 is 16.1 Å². The summed E-state index contributed by atoms with van der Waals surface area (Å²) < 4.78 is 14.1. The van der Waals surface area contributed by atoms with Gasteiger partial charge in [0.1, 0.15) is 11.6 Å². The van der Waals surface area contributed by atoms with Crippen LogP contribution in [0.5, 0.6) is 0 Å². The highest BCUT2D eigenvalue weighted by Crippen LogP contribution is 2.10. The third kappa shape index (κ3) is 3.56. The summed E-state index contributed by atoms with van der Waals surface area (Å²) in [6.07, 6.45) is 0. The summed E-state index contributed by atoms with van der Waals surface area (Å²) in [6.45, 7) is 6.64. The van der Waals surface area contributed by atoms with E-state index in [0.717, 1.165) is 37.3 Å². The molecule has 2 aromatic rings. The minimum absolute atomic E-state index is 0.123. The van der Waals surface area contributed by atoms with Crippen LogP contribution in [0.3, 0.4) is 0 Å². The smallest absolute Gasteiger partial charge is 0.330 e. The molecule has 6 nitrogen and oxygen atoms in total. The fourth-order valence-corrected chi connectivity index (χ4v) is 2.91. The van der Waals surface area contributed by atoms with Crippen molar-refractivity contribution in [2.75, 3.05) is 37.6 Å². The highest BCUT2D eigenvalue weighted by Gasteiger charge is 2.17. The minimum atomic E-state index is -0.445. The Hall–Kier alpha value is -2.41. The second-order valence-corrected chi connectivity index (χ2v) is 5.93. The number of aromatic amines is 1. The van der Waals surface area contributed by atoms with Crippen molar-refractivity contribution < 1.29 is 4.39 Å². The van der Waals surface area contributed by atoms with E-state index in [9.17, 15) is 14.0 Å². The van der Waals surface area contributed by atoms with Crippen molar-refractivity contribution in [3.8, 4) is 0 Å². The molecule has 7 heteroatoms. The summed E-state index contributed by atoms with van der Waals surface area (Å²) in [4.78, 5) is 31.8. The Kier molecular flexibility index (Phi) is 4.80. The van der Waals surface area contributed by atoms with Gasteiger partial charge in [0.2, 0.25) is 0 Å². The van der Waals surface area contributed by atoms with Crippen molar-refractivity contribution in [1.29, 1.82) is 0 Å². The maximum Gasteiger partial charge on any atom is 0.330 e. The summed E-state index contributed by atoms with van der Waals surface area (Å²) in [7, 11) is 0. The molecule has 1 aromatic heterocycles. The lowest BCUT2D eigenvalue weighted by molar-refractivity contribution is 0.270. The number of piperazine rings is 1. The predicted octanol–water partition coefficient (Wildman–Crippen LogP) is 0.866. The number of halogens is 1. The molecule has 1 N–H and O–H groups in total. The van der Waals surface area contributed by atoms with Gasteiger partial charge in [0, 0.05) is 32.2 Å².